The van der Waals surface area contributed by atoms with Crippen LogP contribution in [0.1, 0.15) is 20.8 Å². The monoisotopic (exact) mass is 225 g/mol. The first-order valence-corrected chi connectivity index (χ1v) is 5.07. The zero-order valence-corrected chi connectivity index (χ0v) is 9.61. The maximum absolute atomic E-state index is 10.9. The number of nitrogens with one attached hydrogen (secondary N) is 1. The first kappa shape index (κ1) is 12.2. The number of aromatic nitrogens is 2. The second-order valence-corrected chi connectivity index (χ2v) is 2.92. The zero-order chi connectivity index (χ0) is 12.0. The summed E-state index contributed by atoms with van der Waals surface area (Å²) in [4.78, 5) is 18.9. The molecule has 0 aliphatic carbocycles. The predicted octanol–water partition coefficient (Wildman–Crippen LogP) is 1.23. The Bertz CT molecular complexity index is 368. The van der Waals surface area contributed by atoms with Crippen LogP contribution in [0, 0.1) is 0 Å². The van der Waals surface area contributed by atoms with E-state index in [2.05, 4.69) is 15.3 Å². The van der Waals surface area contributed by atoms with Crippen molar-refractivity contribution in [1.29, 1.82) is 0 Å². The molecule has 6 nitrogen and oxygen atoms in total. The molecular weight excluding hydrogens is 210 g/mol. The van der Waals surface area contributed by atoms with Gasteiger partial charge in [-0.25, -0.2) is 4.98 Å². The molecule has 1 N–H and O–H groups in total. The Hall–Kier alpha value is -1.85. The highest BCUT2D eigenvalue weighted by Gasteiger charge is 2.09. The van der Waals surface area contributed by atoms with E-state index in [9.17, 15) is 4.79 Å². The van der Waals surface area contributed by atoms with Crippen LogP contribution in [0.3, 0.4) is 0 Å². The molecule has 0 spiro atoms. The van der Waals surface area contributed by atoms with Gasteiger partial charge in [-0.15, -0.1) is 0 Å². The van der Waals surface area contributed by atoms with E-state index in [1.165, 1.54) is 13.1 Å². The van der Waals surface area contributed by atoms with Crippen LogP contribution >= 0.6 is 0 Å². The number of anilines is 1. The molecule has 0 aliphatic rings. The Morgan fingerprint density at radius 3 is 2.62 bits per heavy atom. The van der Waals surface area contributed by atoms with Crippen LogP contribution in [0.2, 0.25) is 0 Å². The van der Waals surface area contributed by atoms with Crippen molar-refractivity contribution in [3.05, 3.63) is 6.20 Å². The van der Waals surface area contributed by atoms with Gasteiger partial charge >= 0.3 is 6.01 Å². The Kier molecular flexibility index (Phi) is 4.50. The molecule has 0 atom stereocenters. The number of rotatable bonds is 5. The topological polar surface area (TPSA) is 73.3 Å². The van der Waals surface area contributed by atoms with E-state index in [1.807, 2.05) is 13.8 Å². The third-order valence-electron chi connectivity index (χ3n) is 1.60. The standard InChI is InChI=1S/C10H15N3O3/c1-4-15-9-8(12-7(3)14)6-11-10(13-9)16-5-2/h6H,4-5H2,1-3H3,(H,12,14). The fourth-order valence-electron chi connectivity index (χ4n) is 1.07. The highest BCUT2D eigenvalue weighted by atomic mass is 16.5. The summed E-state index contributed by atoms with van der Waals surface area (Å²) in [6.45, 7) is 6.01. The van der Waals surface area contributed by atoms with E-state index < -0.39 is 0 Å². The quantitative estimate of drug-likeness (QED) is 0.815. The molecule has 0 bridgehead atoms. The molecule has 1 aromatic heterocycles. The molecule has 88 valence electrons. The maximum Gasteiger partial charge on any atom is 0.319 e. The molecule has 0 radical (unpaired) electrons. The lowest BCUT2D eigenvalue weighted by molar-refractivity contribution is -0.114. The normalized spacial score (nSPS) is 9.69. The number of nitrogens with zero attached hydrogens (tertiary/aromatic N) is 2. The van der Waals surface area contributed by atoms with Gasteiger partial charge in [-0.1, -0.05) is 0 Å². The number of hydrogen-bond donors (Lipinski definition) is 1. The van der Waals surface area contributed by atoms with Gasteiger partial charge < -0.3 is 14.8 Å². The van der Waals surface area contributed by atoms with Crippen LogP contribution < -0.4 is 14.8 Å². The summed E-state index contributed by atoms with van der Waals surface area (Å²) in [6.07, 6.45) is 1.46. The minimum absolute atomic E-state index is 0.200. The molecule has 0 unspecified atom stereocenters. The number of carbonyl (C=O) groups is 1. The minimum Gasteiger partial charge on any atom is -0.476 e. The molecule has 6 heteroatoms. The molecule has 0 saturated carbocycles. The average molecular weight is 225 g/mol. The molecule has 16 heavy (non-hydrogen) atoms. The Morgan fingerprint density at radius 2 is 2.06 bits per heavy atom. The lowest BCUT2D eigenvalue weighted by Crippen LogP contribution is -2.10. The van der Waals surface area contributed by atoms with Gasteiger partial charge in [0.25, 0.3) is 0 Å². The molecule has 0 aromatic carbocycles. The number of amides is 1. The average Bonchev–Trinajstić information content (AvgIpc) is 2.22. The van der Waals surface area contributed by atoms with Crippen LogP contribution in [-0.2, 0) is 4.79 Å². The number of ether oxygens (including phenoxy) is 2. The molecule has 0 fully saturated rings. The second-order valence-electron chi connectivity index (χ2n) is 2.92. The second kappa shape index (κ2) is 5.89. The van der Waals surface area contributed by atoms with Crippen molar-refractivity contribution in [3.8, 4) is 11.9 Å². The lowest BCUT2D eigenvalue weighted by atomic mass is 10.5. The molecule has 0 saturated heterocycles. The van der Waals surface area contributed by atoms with Crippen LogP contribution in [0.15, 0.2) is 6.20 Å². The minimum atomic E-state index is -0.200. The Labute approximate surface area is 94.0 Å². The van der Waals surface area contributed by atoms with E-state index in [-0.39, 0.29) is 11.9 Å². The van der Waals surface area contributed by atoms with Crippen LogP contribution in [0.4, 0.5) is 5.69 Å². The highest BCUT2D eigenvalue weighted by molar-refractivity contribution is 5.89. The third kappa shape index (κ3) is 3.38. The van der Waals surface area contributed by atoms with Gasteiger partial charge in [0.2, 0.25) is 11.8 Å². The molecule has 1 rings (SSSR count). The van der Waals surface area contributed by atoms with Crippen LogP contribution in [0.5, 0.6) is 11.9 Å². The summed E-state index contributed by atoms with van der Waals surface area (Å²) in [6, 6.07) is 0.236. The van der Waals surface area contributed by atoms with E-state index >= 15 is 0 Å². The molecule has 0 aliphatic heterocycles. The number of carbonyl (C=O) groups excluding carboxylic acids is 1. The Balaban J connectivity index is 2.93. The summed E-state index contributed by atoms with van der Waals surface area (Å²) in [5.74, 6) is 0.116. The van der Waals surface area contributed by atoms with E-state index in [4.69, 9.17) is 9.47 Å². The van der Waals surface area contributed by atoms with Crippen molar-refractivity contribution >= 4 is 11.6 Å². The van der Waals surface area contributed by atoms with Crippen LogP contribution in [-0.4, -0.2) is 29.1 Å². The highest BCUT2D eigenvalue weighted by Crippen LogP contribution is 2.22. The third-order valence-corrected chi connectivity index (χ3v) is 1.60. The maximum atomic E-state index is 10.9. The number of hydrogen-bond acceptors (Lipinski definition) is 5. The molecule has 1 heterocycles. The van der Waals surface area contributed by atoms with E-state index in [0.29, 0.717) is 24.8 Å². The van der Waals surface area contributed by atoms with Crippen LogP contribution in [0.25, 0.3) is 0 Å². The fraction of sp³-hybridized carbons (Fsp3) is 0.500. The Morgan fingerprint density at radius 1 is 1.38 bits per heavy atom. The molecule has 1 amide bonds. The summed E-state index contributed by atoms with van der Waals surface area (Å²) in [7, 11) is 0. The van der Waals surface area contributed by atoms with Crippen molar-refractivity contribution < 1.29 is 14.3 Å². The van der Waals surface area contributed by atoms with Gasteiger partial charge in [-0.05, 0) is 13.8 Å². The summed E-state index contributed by atoms with van der Waals surface area (Å²) >= 11 is 0. The predicted molar refractivity (Wildman–Crippen MR) is 58.7 cm³/mol. The smallest absolute Gasteiger partial charge is 0.319 e. The van der Waals surface area contributed by atoms with Crippen molar-refractivity contribution in [2.45, 2.75) is 20.8 Å². The van der Waals surface area contributed by atoms with Crippen molar-refractivity contribution in [1.82, 2.24) is 9.97 Å². The lowest BCUT2D eigenvalue weighted by Gasteiger charge is -2.10. The molecule has 1 aromatic rings. The van der Waals surface area contributed by atoms with Gasteiger partial charge in [0, 0.05) is 6.92 Å². The summed E-state index contributed by atoms with van der Waals surface area (Å²) in [5, 5.41) is 2.58. The molecular formula is C10H15N3O3. The van der Waals surface area contributed by atoms with Gasteiger partial charge in [0.1, 0.15) is 5.69 Å². The van der Waals surface area contributed by atoms with Crippen molar-refractivity contribution in [3.63, 3.8) is 0 Å². The zero-order valence-electron chi connectivity index (χ0n) is 9.61. The van der Waals surface area contributed by atoms with Gasteiger partial charge in [0.15, 0.2) is 0 Å². The first-order chi connectivity index (χ1) is 7.67. The van der Waals surface area contributed by atoms with Gasteiger partial charge in [-0.3, -0.25) is 4.79 Å². The van der Waals surface area contributed by atoms with Gasteiger partial charge in [0.05, 0.1) is 19.4 Å². The van der Waals surface area contributed by atoms with Gasteiger partial charge in [-0.2, -0.15) is 4.98 Å². The van der Waals surface area contributed by atoms with E-state index in [1.54, 1.807) is 0 Å². The largest absolute Gasteiger partial charge is 0.476 e. The summed E-state index contributed by atoms with van der Waals surface area (Å²) < 4.78 is 10.4. The van der Waals surface area contributed by atoms with E-state index in [0.717, 1.165) is 0 Å². The van der Waals surface area contributed by atoms with Crippen molar-refractivity contribution in [2.24, 2.45) is 0 Å². The first-order valence-electron chi connectivity index (χ1n) is 5.07. The SMILES string of the molecule is CCOc1ncc(NC(C)=O)c(OCC)n1. The van der Waals surface area contributed by atoms with Crippen molar-refractivity contribution in [2.75, 3.05) is 18.5 Å². The fourth-order valence-corrected chi connectivity index (χ4v) is 1.07. The summed E-state index contributed by atoms with van der Waals surface area (Å²) in [5.41, 5.74) is 0.442.